The molecule has 1 unspecified atom stereocenters. The summed E-state index contributed by atoms with van der Waals surface area (Å²) in [5, 5.41) is 12.5. The monoisotopic (exact) mass is 342 g/mol. The zero-order valence-electron chi connectivity index (χ0n) is 13.9. The Balaban J connectivity index is 2.05. The van der Waals surface area contributed by atoms with E-state index >= 15 is 4.39 Å². The molecule has 0 saturated heterocycles. The first-order chi connectivity index (χ1) is 12.0. The average molecular weight is 342 g/mol. The van der Waals surface area contributed by atoms with Gasteiger partial charge in [-0.25, -0.2) is 4.39 Å². The van der Waals surface area contributed by atoms with Crippen molar-refractivity contribution in [2.24, 2.45) is 0 Å². The van der Waals surface area contributed by atoms with Gasteiger partial charge in [-0.1, -0.05) is 12.8 Å². The number of nitrogens with one attached hydrogen (secondary N) is 1. The van der Waals surface area contributed by atoms with Gasteiger partial charge in [-0.3, -0.25) is 4.79 Å². The van der Waals surface area contributed by atoms with Gasteiger partial charge in [-0.2, -0.15) is 5.26 Å². The zero-order chi connectivity index (χ0) is 17.7. The molecule has 2 aromatic rings. The first kappa shape index (κ1) is 15.8. The summed E-state index contributed by atoms with van der Waals surface area (Å²) < 4.78 is 22.6. The molecule has 1 aromatic heterocycles. The number of halogens is 1. The number of nitriles is 1. The van der Waals surface area contributed by atoms with E-state index in [0.717, 1.165) is 25.7 Å². The predicted octanol–water partition coefficient (Wildman–Crippen LogP) is 2.90. The Hall–Kier alpha value is -2.75. The summed E-state index contributed by atoms with van der Waals surface area (Å²) in [6.45, 7) is 2.25. The molecule has 1 fully saturated rings. The third-order valence-corrected chi connectivity index (χ3v) is 5.17. The number of hydrogen-bond donors (Lipinski definition) is 2. The Kier molecular flexibility index (Phi) is 3.57. The molecule has 1 aliphatic heterocycles. The summed E-state index contributed by atoms with van der Waals surface area (Å²) >= 11 is 0. The lowest BCUT2D eigenvalue weighted by molar-refractivity contribution is 0.247. The van der Waals surface area contributed by atoms with Gasteiger partial charge in [0.05, 0.1) is 22.6 Å². The number of hydrogen-bond acceptors (Lipinski definition) is 5. The molecule has 3 N–H and O–H groups in total. The fraction of sp³-hybridized carbons (Fsp3) is 0.444. The van der Waals surface area contributed by atoms with Gasteiger partial charge < -0.3 is 20.4 Å². The van der Waals surface area contributed by atoms with E-state index < -0.39 is 11.2 Å². The van der Waals surface area contributed by atoms with Crippen molar-refractivity contribution in [2.45, 2.75) is 44.7 Å². The molecular formula is C18H19FN4O2. The Morgan fingerprint density at radius 1 is 1.44 bits per heavy atom. The standard InChI is InChI=1S/C18H19FN4O2/c1-9-8-25-18-15(22-11-4-2-3-5-11)13(19)14(21)12-16(18)23(9)7-10(6-20)17(12)24/h7,9,11,22H,2-5,8,21H2,1H3. The van der Waals surface area contributed by atoms with Crippen molar-refractivity contribution in [1.29, 1.82) is 5.26 Å². The molecular weight excluding hydrogens is 323 g/mol. The maximum absolute atomic E-state index is 15.0. The van der Waals surface area contributed by atoms with Crippen molar-refractivity contribution in [3.05, 3.63) is 27.8 Å². The minimum atomic E-state index is -0.678. The Bertz CT molecular complexity index is 970. The number of ether oxygens (including phenoxy) is 1. The molecule has 4 rings (SSSR count). The van der Waals surface area contributed by atoms with Crippen molar-refractivity contribution < 1.29 is 9.13 Å². The Morgan fingerprint density at radius 3 is 2.84 bits per heavy atom. The van der Waals surface area contributed by atoms with Gasteiger partial charge in [0.1, 0.15) is 23.9 Å². The lowest BCUT2D eigenvalue weighted by Gasteiger charge is -2.30. The maximum Gasteiger partial charge on any atom is 0.209 e. The van der Waals surface area contributed by atoms with E-state index in [-0.39, 0.29) is 34.4 Å². The van der Waals surface area contributed by atoms with E-state index in [4.69, 9.17) is 10.5 Å². The smallest absolute Gasteiger partial charge is 0.209 e. The quantitative estimate of drug-likeness (QED) is 0.819. The summed E-state index contributed by atoms with van der Waals surface area (Å²) in [6.07, 6.45) is 5.65. The molecule has 2 aliphatic rings. The summed E-state index contributed by atoms with van der Waals surface area (Å²) in [5.41, 5.74) is 5.84. The number of benzene rings is 1. The minimum absolute atomic E-state index is 0.0232. The fourth-order valence-corrected chi connectivity index (χ4v) is 3.83. The highest BCUT2D eigenvalue weighted by Gasteiger charge is 2.30. The van der Waals surface area contributed by atoms with Crippen LogP contribution in [0.4, 0.5) is 15.8 Å². The number of anilines is 2. The molecule has 1 saturated carbocycles. The molecule has 0 bridgehead atoms. The highest BCUT2D eigenvalue weighted by atomic mass is 19.1. The van der Waals surface area contributed by atoms with Crippen molar-refractivity contribution in [3.63, 3.8) is 0 Å². The molecule has 6 nitrogen and oxygen atoms in total. The van der Waals surface area contributed by atoms with E-state index in [1.54, 1.807) is 4.57 Å². The normalized spacial score (nSPS) is 19.6. The van der Waals surface area contributed by atoms with E-state index in [9.17, 15) is 10.1 Å². The van der Waals surface area contributed by atoms with Crippen molar-refractivity contribution in [3.8, 4) is 11.8 Å². The highest BCUT2D eigenvalue weighted by Crippen LogP contribution is 2.44. The topological polar surface area (TPSA) is 93.1 Å². The van der Waals surface area contributed by atoms with Crippen LogP contribution in [0.15, 0.2) is 11.0 Å². The van der Waals surface area contributed by atoms with Gasteiger partial charge in [0.2, 0.25) is 5.43 Å². The maximum atomic E-state index is 15.0. The summed E-state index contributed by atoms with van der Waals surface area (Å²) in [7, 11) is 0. The van der Waals surface area contributed by atoms with Gasteiger partial charge in [-0.15, -0.1) is 0 Å². The Labute approximate surface area is 144 Å². The van der Waals surface area contributed by atoms with Crippen LogP contribution < -0.4 is 21.2 Å². The average Bonchev–Trinajstić information content (AvgIpc) is 3.11. The number of rotatable bonds is 2. The zero-order valence-corrected chi connectivity index (χ0v) is 13.9. The van der Waals surface area contributed by atoms with E-state index in [1.807, 2.05) is 13.0 Å². The van der Waals surface area contributed by atoms with Crippen molar-refractivity contribution in [1.82, 2.24) is 4.57 Å². The third kappa shape index (κ3) is 2.24. The molecule has 1 aromatic carbocycles. The third-order valence-electron chi connectivity index (χ3n) is 5.17. The van der Waals surface area contributed by atoms with Crippen LogP contribution in [0, 0.1) is 17.1 Å². The number of aromatic nitrogens is 1. The number of nitrogens with zero attached hydrogens (tertiary/aromatic N) is 2. The van der Waals surface area contributed by atoms with Crippen molar-refractivity contribution in [2.75, 3.05) is 17.7 Å². The van der Waals surface area contributed by atoms with Crippen LogP contribution >= 0.6 is 0 Å². The molecule has 1 aliphatic carbocycles. The largest absolute Gasteiger partial charge is 0.487 e. The highest BCUT2D eigenvalue weighted by molar-refractivity contribution is 6.00. The summed E-state index contributed by atoms with van der Waals surface area (Å²) in [4.78, 5) is 12.6. The van der Waals surface area contributed by atoms with Gasteiger partial charge in [-0.05, 0) is 19.8 Å². The van der Waals surface area contributed by atoms with Crippen LogP contribution in [0.25, 0.3) is 10.9 Å². The second kappa shape index (κ2) is 5.66. The predicted molar refractivity (Wildman–Crippen MR) is 93.4 cm³/mol. The van der Waals surface area contributed by atoms with Crippen LogP contribution in [0.3, 0.4) is 0 Å². The second-order valence-electron chi connectivity index (χ2n) is 6.83. The van der Waals surface area contributed by atoms with Crippen LogP contribution in [0.5, 0.6) is 5.75 Å². The number of nitrogens with two attached hydrogens (primary N) is 1. The molecule has 130 valence electrons. The molecule has 0 radical (unpaired) electrons. The molecule has 1 atom stereocenters. The molecule has 7 heteroatoms. The number of pyridine rings is 1. The Morgan fingerprint density at radius 2 is 2.16 bits per heavy atom. The van der Waals surface area contributed by atoms with Gasteiger partial charge in [0.25, 0.3) is 0 Å². The number of nitrogen functional groups attached to an aromatic ring is 1. The summed E-state index contributed by atoms with van der Waals surface area (Å²) in [6, 6.07) is 1.96. The summed E-state index contributed by atoms with van der Waals surface area (Å²) in [5.74, 6) is -0.365. The molecule has 2 heterocycles. The first-order valence-electron chi connectivity index (χ1n) is 8.52. The van der Waals surface area contributed by atoms with Crippen LogP contribution in [0.1, 0.15) is 44.2 Å². The van der Waals surface area contributed by atoms with E-state index in [2.05, 4.69) is 5.32 Å². The van der Waals surface area contributed by atoms with Crippen LogP contribution in [-0.4, -0.2) is 17.2 Å². The molecule has 25 heavy (non-hydrogen) atoms. The minimum Gasteiger partial charge on any atom is -0.487 e. The van der Waals surface area contributed by atoms with Crippen LogP contribution in [0.2, 0.25) is 0 Å². The van der Waals surface area contributed by atoms with Gasteiger partial charge >= 0.3 is 0 Å². The fourth-order valence-electron chi connectivity index (χ4n) is 3.83. The second-order valence-corrected chi connectivity index (χ2v) is 6.83. The lowest BCUT2D eigenvalue weighted by Crippen LogP contribution is -2.27. The SMILES string of the molecule is CC1COc2c(NC3CCCC3)c(F)c(N)c3c(=O)c(C#N)cn1c23. The van der Waals surface area contributed by atoms with Crippen molar-refractivity contribution >= 4 is 22.3 Å². The molecule has 0 spiro atoms. The molecule has 0 amide bonds. The first-order valence-corrected chi connectivity index (χ1v) is 8.52. The van der Waals surface area contributed by atoms with Crippen LogP contribution in [-0.2, 0) is 0 Å². The lowest BCUT2D eigenvalue weighted by atomic mass is 10.0. The van der Waals surface area contributed by atoms with E-state index in [1.165, 1.54) is 6.20 Å². The van der Waals surface area contributed by atoms with Gasteiger partial charge in [0, 0.05) is 12.2 Å². The van der Waals surface area contributed by atoms with Gasteiger partial charge in [0.15, 0.2) is 11.6 Å². The van der Waals surface area contributed by atoms with E-state index in [0.29, 0.717) is 17.9 Å².